The number of nitrogen functional groups attached to an aromatic ring is 1. The van der Waals surface area contributed by atoms with E-state index >= 15 is 0 Å². The van der Waals surface area contributed by atoms with Gasteiger partial charge in [0.1, 0.15) is 5.82 Å². The summed E-state index contributed by atoms with van der Waals surface area (Å²) < 4.78 is 11.2. The van der Waals surface area contributed by atoms with E-state index in [1.54, 1.807) is 25.3 Å². The summed E-state index contributed by atoms with van der Waals surface area (Å²) in [4.78, 5) is 16.0. The number of aromatic nitrogens is 1. The Morgan fingerprint density at radius 2 is 2.21 bits per heavy atom. The Hall–Kier alpha value is -1.47. The maximum Gasteiger partial charge on any atom is 0.251 e. The van der Waals surface area contributed by atoms with Gasteiger partial charge in [-0.25, -0.2) is 10.8 Å². The number of nitrogens with zero attached hydrogens (tertiary/aromatic N) is 1. The van der Waals surface area contributed by atoms with Gasteiger partial charge in [0.05, 0.1) is 0 Å². The highest BCUT2D eigenvalue weighted by Crippen LogP contribution is 2.09. The van der Waals surface area contributed by atoms with Gasteiger partial charge in [0.2, 0.25) is 0 Å². The van der Waals surface area contributed by atoms with Crippen molar-refractivity contribution >= 4 is 22.5 Å². The van der Waals surface area contributed by atoms with Crippen molar-refractivity contribution in [2.45, 2.75) is 25.5 Å². The molecule has 0 aliphatic rings. The molecule has 0 radical (unpaired) electrons. The first-order valence-corrected chi connectivity index (χ1v) is 7.62. The predicted molar refractivity (Wildman–Crippen MR) is 77.3 cm³/mol. The number of pyridine rings is 1. The van der Waals surface area contributed by atoms with E-state index in [1.807, 2.05) is 6.92 Å². The third-order valence-electron chi connectivity index (χ3n) is 2.77. The average Bonchev–Trinajstić information content (AvgIpc) is 2.37. The van der Waals surface area contributed by atoms with Crippen molar-refractivity contribution < 1.29 is 9.00 Å². The molecule has 0 saturated heterocycles. The molecule has 0 spiro atoms. The van der Waals surface area contributed by atoms with Crippen LogP contribution in [-0.2, 0) is 10.8 Å². The third kappa shape index (κ3) is 4.96. The molecule has 6 nitrogen and oxygen atoms in total. The maximum atomic E-state index is 11.9. The zero-order chi connectivity index (χ0) is 14.4. The molecule has 4 N–H and O–H groups in total. The van der Waals surface area contributed by atoms with Crippen molar-refractivity contribution in [2.75, 3.05) is 18.2 Å². The Morgan fingerprint density at radius 3 is 2.79 bits per heavy atom. The summed E-state index contributed by atoms with van der Waals surface area (Å²) in [5, 5.41) is 2.86. The average molecular weight is 284 g/mol. The van der Waals surface area contributed by atoms with Crippen molar-refractivity contribution in [3.8, 4) is 0 Å². The Kier molecular flexibility index (Phi) is 5.91. The minimum absolute atomic E-state index is 0.0701. The molecule has 1 rings (SSSR count). The largest absolute Gasteiger partial charge is 0.352 e. The molecular formula is C12H20N4O2S. The van der Waals surface area contributed by atoms with E-state index in [-0.39, 0.29) is 11.2 Å². The number of anilines is 1. The van der Waals surface area contributed by atoms with E-state index in [1.165, 1.54) is 0 Å². The number of amides is 1. The van der Waals surface area contributed by atoms with E-state index in [0.29, 0.717) is 30.0 Å². The van der Waals surface area contributed by atoms with Crippen LogP contribution in [0.3, 0.4) is 0 Å². The number of carbonyl (C=O) groups excluding carboxylic acids is 1. The molecular weight excluding hydrogens is 264 g/mol. The summed E-state index contributed by atoms with van der Waals surface area (Å²) >= 11 is 0. The molecule has 2 unspecified atom stereocenters. The molecule has 0 aliphatic carbocycles. The van der Waals surface area contributed by atoms with E-state index in [0.717, 1.165) is 0 Å². The molecule has 2 atom stereocenters. The number of hydrogen-bond acceptors (Lipinski definition) is 5. The van der Waals surface area contributed by atoms with Crippen molar-refractivity contribution in [3.63, 3.8) is 0 Å². The van der Waals surface area contributed by atoms with E-state index in [4.69, 9.17) is 5.84 Å². The van der Waals surface area contributed by atoms with Crippen molar-refractivity contribution in [1.82, 2.24) is 10.3 Å². The fourth-order valence-corrected chi connectivity index (χ4v) is 1.98. The van der Waals surface area contributed by atoms with E-state index in [9.17, 15) is 9.00 Å². The number of nitrogens with one attached hydrogen (secondary N) is 2. The van der Waals surface area contributed by atoms with Crippen LogP contribution in [0.2, 0.25) is 0 Å². The molecule has 0 saturated carbocycles. The number of nitrogens with two attached hydrogens (primary N) is 1. The minimum atomic E-state index is -0.866. The van der Waals surface area contributed by atoms with Gasteiger partial charge in [0.25, 0.3) is 5.91 Å². The molecule has 106 valence electrons. The lowest BCUT2D eigenvalue weighted by Gasteiger charge is -2.10. The normalized spacial score (nSPS) is 13.7. The zero-order valence-corrected chi connectivity index (χ0v) is 12.2. The van der Waals surface area contributed by atoms with Crippen LogP contribution >= 0.6 is 0 Å². The predicted octanol–water partition coefficient (Wildman–Crippen LogP) is 0.563. The van der Waals surface area contributed by atoms with E-state index in [2.05, 4.69) is 15.7 Å². The summed E-state index contributed by atoms with van der Waals surface area (Å²) in [5.41, 5.74) is 3.64. The molecule has 7 heteroatoms. The van der Waals surface area contributed by atoms with Crippen LogP contribution in [-0.4, -0.2) is 33.2 Å². The van der Waals surface area contributed by atoms with Gasteiger partial charge < -0.3 is 10.7 Å². The Balaban J connectivity index is 2.58. The topological polar surface area (TPSA) is 97.1 Å². The molecule has 1 aromatic heterocycles. The number of carbonyl (C=O) groups is 1. The molecule has 0 aromatic carbocycles. The van der Waals surface area contributed by atoms with Gasteiger partial charge in [-0.3, -0.25) is 9.00 Å². The summed E-state index contributed by atoms with van der Waals surface area (Å²) in [6, 6.07) is 3.28. The zero-order valence-electron chi connectivity index (χ0n) is 11.4. The Labute approximate surface area is 115 Å². The summed E-state index contributed by atoms with van der Waals surface area (Å²) in [6.45, 7) is 4.18. The van der Waals surface area contributed by atoms with Crippen LogP contribution in [0.25, 0.3) is 0 Å². The monoisotopic (exact) mass is 284 g/mol. The lowest BCUT2D eigenvalue weighted by atomic mass is 10.2. The smallest absolute Gasteiger partial charge is 0.251 e. The highest BCUT2D eigenvalue weighted by molar-refractivity contribution is 7.84. The van der Waals surface area contributed by atoms with Crippen molar-refractivity contribution in [3.05, 3.63) is 23.4 Å². The van der Waals surface area contributed by atoms with Crippen LogP contribution in [0.1, 0.15) is 29.4 Å². The van der Waals surface area contributed by atoms with Crippen LogP contribution in [0.15, 0.2) is 12.1 Å². The molecule has 1 amide bonds. The van der Waals surface area contributed by atoms with E-state index < -0.39 is 10.8 Å². The highest BCUT2D eigenvalue weighted by Gasteiger charge is 2.10. The van der Waals surface area contributed by atoms with Crippen LogP contribution in [0.4, 0.5) is 5.82 Å². The van der Waals surface area contributed by atoms with Gasteiger partial charge in [0.15, 0.2) is 0 Å². The SMILES string of the molecule is Cc1cc(C(=O)NCCC(C)S(C)=O)cc(NN)n1. The third-order valence-corrected chi connectivity index (χ3v) is 4.14. The first-order chi connectivity index (χ1) is 8.93. The molecule has 1 heterocycles. The number of hydrazine groups is 1. The lowest BCUT2D eigenvalue weighted by Crippen LogP contribution is -2.27. The first-order valence-electron chi connectivity index (χ1n) is 5.99. The van der Waals surface area contributed by atoms with Gasteiger partial charge >= 0.3 is 0 Å². The quantitative estimate of drug-likeness (QED) is 0.524. The molecule has 0 aliphatic heterocycles. The second-order valence-electron chi connectivity index (χ2n) is 4.38. The standard InChI is InChI=1S/C12H20N4O2S/c1-8-6-10(7-11(15-8)16-13)12(17)14-5-4-9(2)19(3)18/h6-7,9H,4-5,13H2,1-3H3,(H,14,17)(H,15,16). The fraction of sp³-hybridized carbons (Fsp3) is 0.500. The van der Waals surface area contributed by atoms with Crippen LogP contribution in [0, 0.1) is 6.92 Å². The molecule has 0 bridgehead atoms. The summed E-state index contributed by atoms with van der Waals surface area (Å²) in [6.07, 6.45) is 2.35. The van der Waals surface area contributed by atoms with Crippen molar-refractivity contribution in [1.29, 1.82) is 0 Å². The second-order valence-corrected chi connectivity index (χ2v) is 6.18. The first kappa shape index (κ1) is 15.6. The van der Waals surface area contributed by atoms with Gasteiger partial charge in [-0.2, -0.15) is 0 Å². The van der Waals surface area contributed by atoms with Gasteiger partial charge in [0, 0.05) is 40.1 Å². The lowest BCUT2D eigenvalue weighted by molar-refractivity contribution is 0.0953. The maximum absolute atomic E-state index is 11.9. The molecule has 19 heavy (non-hydrogen) atoms. The second kappa shape index (κ2) is 7.20. The molecule has 0 fully saturated rings. The fourth-order valence-electron chi connectivity index (χ4n) is 1.53. The Bertz CT molecular complexity index is 479. The number of rotatable bonds is 6. The van der Waals surface area contributed by atoms with Crippen LogP contribution in [0.5, 0.6) is 0 Å². The number of hydrogen-bond donors (Lipinski definition) is 3. The van der Waals surface area contributed by atoms with Crippen LogP contribution < -0.4 is 16.6 Å². The minimum Gasteiger partial charge on any atom is -0.352 e. The highest BCUT2D eigenvalue weighted by atomic mass is 32.2. The summed E-state index contributed by atoms with van der Waals surface area (Å²) in [7, 11) is -0.866. The number of aryl methyl sites for hydroxylation is 1. The van der Waals surface area contributed by atoms with Gasteiger partial charge in [-0.15, -0.1) is 0 Å². The van der Waals surface area contributed by atoms with Gasteiger partial charge in [-0.1, -0.05) is 6.92 Å². The summed E-state index contributed by atoms with van der Waals surface area (Å²) in [5.74, 6) is 5.55. The van der Waals surface area contributed by atoms with Gasteiger partial charge in [-0.05, 0) is 25.5 Å². The molecule has 1 aromatic rings. The Morgan fingerprint density at radius 1 is 1.53 bits per heavy atom. The van der Waals surface area contributed by atoms with Crippen molar-refractivity contribution in [2.24, 2.45) is 5.84 Å².